The Bertz CT molecular complexity index is 1440. The number of carbonyl (C=O) groups excluding carboxylic acids is 2. The second kappa shape index (κ2) is 15.7. The maximum absolute atomic E-state index is 12.8. The van der Waals surface area contributed by atoms with Crippen molar-refractivity contribution in [2.45, 2.75) is 51.6 Å². The monoisotopic (exact) mass is 617 g/mol. The number of piperidine rings is 2. The summed E-state index contributed by atoms with van der Waals surface area (Å²) in [7, 11) is 0. The Labute approximate surface area is 272 Å². The summed E-state index contributed by atoms with van der Waals surface area (Å²) in [6.45, 7) is 6.60. The van der Waals surface area contributed by atoms with Crippen molar-refractivity contribution in [2.24, 2.45) is 0 Å². The van der Waals surface area contributed by atoms with Crippen LogP contribution in [0.1, 0.15) is 70.4 Å². The Hall–Kier alpha value is -4.50. The normalized spacial score (nSPS) is 15.7. The number of nitrogen functional groups attached to an aromatic ring is 1. The first kappa shape index (κ1) is 31.5. The molecule has 0 aromatic heterocycles. The Kier molecular flexibility index (Phi) is 10.7. The molecule has 6 rings (SSSR count). The van der Waals surface area contributed by atoms with Crippen LogP contribution in [0.2, 0.25) is 0 Å². The van der Waals surface area contributed by atoms with Crippen molar-refractivity contribution in [1.29, 1.82) is 0 Å². The maximum Gasteiger partial charge on any atom is 0.255 e. The van der Waals surface area contributed by atoms with Gasteiger partial charge in [-0.3, -0.25) is 19.4 Å². The highest BCUT2D eigenvalue weighted by Gasteiger charge is 2.13. The summed E-state index contributed by atoms with van der Waals surface area (Å²) >= 11 is 0. The minimum atomic E-state index is -0.137. The summed E-state index contributed by atoms with van der Waals surface area (Å²) in [5.41, 5.74) is 12.3. The number of hydrogen-bond donors (Lipinski definition) is 4. The van der Waals surface area contributed by atoms with E-state index in [0.29, 0.717) is 11.1 Å². The molecule has 46 heavy (non-hydrogen) atoms. The molecule has 238 valence electrons. The molecule has 2 heterocycles. The van der Waals surface area contributed by atoms with Crippen LogP contribution in [0.5, 0.6) is 0 Å². The number of amides is 2. The number of carbonyl (C=O) groups is 2. The highest BCUT2D eigenvalue weighted by Crippen LogP contribution is 2.18. The number of nitrogens with zero attached hydrogens (tertiary/aromatic N) is 2. The quantitative estimate of drug-likeness (QED) is 0.0890. The van der Waals surface area contributed by atoms with Crippen molar-refractivity contribution in [3.05, 3.63) is 119 Å². The second-order valence-corrected chi connectivity index (χ2v) is 12.5. The van der Waals surface area contributed by atoms with Gasteiger partial charge in [-0.1, -0.05) is 37.1 Å². The first-order chi connectivity index (χ1) is 22.6. The van der Waals surface area contributed by atoms with Crippen molar-refractivity contribution in [3.8, 4) is 0 Å². The molecule has 8 heteroatoms. The molecule has 0 radical (unpaired) electrons. The molecule has 0 aliphatic carbocycles. The van der Waals surface area contributed by atoms with Gasteiger partial charge in [0.05, 0.1) is 5.69 Å². The molecule has 0 atom stereocenters. The molecule has 2 aliphatic rings. The largest absolute Gasteiger partial charge is 0.322 e. The molecular weight excluding hydrogens is 572 g/mol. The molecule has 0 unspecified atom stereocenters. The Morgan fingerprint density at radius 1 is 0.500 bits per heavy atom. The van der Waals surface area contributed by atoms with Crippen LogP contribution in [0.3, 0.4) is 0 Å². The SMILES string of the molecule is O=C(Nc1ccc(CN2CCCCC2)cc1)c1ccc(N[NH2+]c2ccc(C(=O)Nc3ccc(CN4CCCCC4)cc3)cc2)cc1. The van der Waals surface area contributed by atoms with Gasteiger partial charge in [0.15, 0.2) is 5.69 Å². The summed E-state index contributed by atoms with van der Waals surface area (Å²) < 4.78 is 0. The fourth-order valence-electron chi connectivity index (χ4n) is 6.16. The molecule has 4 aromatic rings. The van der Waals surface area contributed by atoms with Crippen LogP contribution in [0, 0.1) is 0 Å². The molecule has 2 amide bonds. The van der Waals surface area contributed by atoms with Gasteiger partial charge in [-0.2, -0.15) is 0 Å². The van der Waals surface area contributed by atoms with Gasteiger partial charge in [-0.25, -0.2) is 10.9 Å². The average molecular weight is 618 g/mol. The lowest BCUT2D eigenvalue weighted by atomic mass is 10.1. The number of nitrogens with two attached hydrogens (primary N) is 1. The van der Waals surface area contributed by atoms with E-state index in [-0.39, 0.29) is 11.8 Å². The molecule has 2 fully saturated rings. The van der Waals surface area contributed by atoms with E-state index in [9.17, 15) is 9.59 Å². The van der Waals surface area contributed by atoms with Crippen LogP contribution in [-0.4, -0.2) is 47.8 Å². The fraction of sp³-hybridized carbons (Fsp3) is 0.316. The van der Waals surface area contributed by atoms with Gasteiger partial charge >= 0.3 is 0 Å². The Balaban J connectivity index is 0.935. The number of quaternary nitrogens is 1. The summed E-state index contributed by atoms with van der Waals surface area (Å²) in [6, 6.07) is 31.1. The van der Waals surface area contributed by atoms with Gasteiger partial charge in [0.1, 0.15) is 0 Å². The molecule has 2 saturated heterocycles. The average Bonchev–Trinajstić information content (AvgIpc) is 3.10. The first-order valence-electron chi connectivity index (χ1n) is 16.6. The number of benzene rings is 4. The van der Waals surface area contributed by atoms with E-state index in [1.807, 2.05) is 78.2 Å². The number of likely N-dealkylation sites (tertiary alicyclic amines) is 2. The molecule has 5 N–H and O–H groups in total. The van der Waals surface area contributed by atoms with Gasteiger partial charge in [0.25, 0.3) is 11.8 Å². The van der Waals surface area contributed by atoms with E-state index < -0.39 is 0 Å². The third-order valence-corrected chi connectivity index (χ3v) is 8.86. The van der Waals surface area contributed by atoms with Crippen LogP contribution >= 0.6 is 0 Å². The Morgan fingerprint density at radius 3 is 1.33 bits per heavy atom. The van der Waals surface area contributed by atoms with Gasteiger partial charge in [-0.05, 0) is 124 Å². The minimum absolute atomic E-state index is 0.134. The predicted octanol–water partition coefficient (Wildman–Crippen LogP) is 6.39. The van der Waals surface area contributed by atoms with Crippen molar-refractivity contribution in [3.63, 3.8) is 0 Å². The minimum Gasteiger partial charge on any atom is -0.322 e. The van der Waals surface area contributed by atoms with Gasteiger partial charge in [0, 0.05) is 47.7 Å². The van der Waals surface area contributed by atoms with E-state index in [0.717, 1.165) is 35.8 Å². The highest BCUT2D eigenvalue weighted by atomic mass is 16.2. The summed E-state index contributed by atoms with van der Waals surface area (Å²) in [5, 5.41) is 6.00. The number of anilines is 3. The summed E-state index contributed by atoms with van der Waals surface area (Å²) in [6.07, 6.45) is 7.79. The van der Waals surface area contributed by atoms with Crippen LogP contribution in [-0.2, 0) is 13.1 Å². The predicted molar refractivity (Wildman–Crippen MR) is 185 cm³/mol. The molecule has 0 spiro atoms. The van der Waals surface area contributed by atoms with E-state index in [4.69, 9.17) is 0 Å². The summed E-state index contributed by atoms with van der Waals surface area (Å²) in [5.74, 6) is -0.271. The van der Waals surface area contributed by atoms with Gasteiger partial charge in [-0.15, -0.1) is 0 Å². The molecule has 0 saturated carbocycles. The Morgan fingerprint density at radius 2 is 0.891 bits per heavy atom. The molecule has 4 aromatic carbocycles. The van der Waals surface area contributed by atoms with Crippen molar-refractivity contribution in [2.75, 3.05) is 42.2 Å². The lowest BCUT2D eigenvalue weighted by Gasteiger charge is -2.26. The molecule has 8 nitrogen and oxygen atoms in total. The van der Waals surface area contributed by atoms with E-state index in [1.54, 1.807) is 0 Å². The lowest BCUT2D eigenvalue weighted by molar-refractivity contribution is -0.538. The van der Waals surface area contributed by atoms with Crippen molar-refractivity contribution >= 4 is 34.6 Å². The highest BCUT2D eigenvalue weighted by molar-refractivity contribution is 6.05. The molecule has 0 bridgehead atoms. The second-order valence-electron chi connectivity index (χ2n) is 12.5. The van der Waals surface area contributed by atoms with E-state index in [2.05, 4.69) is 50.1 Å². The molecule has 2 aliphatic heterocycles. The van der Waals surface area contributed by atoms with Crippen LogP contribution in [0.15, 0.2) is 97.1 Å². The number of nitrogens with one attached hydrogen (secondary N) is 3. The zero-order valence-electron chi connectivity index (χ0n) is 26.5. The lowest BCUT2D eigenvalue weighted by Crippen LogP contribution is -2.82. The van der Waals surface area contributed by atoms with Gasteiger partial charge < -0.3 is 10.6 Å². The maximum atomic E-state index is 12.8. The summed E-state index contributed by atoms with van der Waals surface area (Å²) in [4.78, 5) is 30.6. The molecular formula is C38H45N6O2+. The zero-order chi connectivity index (χ0) is 31.6. The van der Waals surface area contributed by atoms with Gasteiger partial charge in [0.2, 0.25) is 0 Å². The third-order valence-electron chi connectivity index (χ3n) is 8.86. The van der Waals surface area contributed by atoms with E-state index in [1.165, 1.54) is 75.8 Å². The van der Waals surface area contributed by atoms with Crippen molar-refractivity contribution in [1.82, 2.24) is 9.80 Å². The standard InChI is InChI=1S/C38H44N6O2/c45-37(39-33-15-7-29(8-16-33)27-43-23-3-1-4-24-43)31-11-19-35(20-12-31)41-42-36-21-13-32(14-22-36)38(46)40-34-17-9-30(10-18-34)28-44-25-5-2-6-26-44/h7-22,41-42H,1-6,23-28H2,(H,39,45)(H,40,46)/p+1. The fourth-order valence-corrected chi connectivity index (χ4v) is 6.16. The van der Waals surface area contributed by atoms with Crippen molar-refractivity contribution < 1.29 is 15.0 Å². The van der Waals surface area contributed by atoms with Crippen LogP contribution < -0.4 is 21.5 Å². The number of hydrogen-bond acceptors (Lipinski definition) is 5. The van der Waals surface area contributed by atoms with E-state index >= 15 is 0 Å². The topological polar surface area (TPSA) is 93.3 Å². The van der Waals surface area contributed by atoms with Crippen LogP contribution in [0.4, 0.5) is 22.7 Å². The zero-order valence-corrected chi connectivity index (χ0v) is 26.5. The first-order valence-corrected chi connectivity index (χ1v) is 16.6. The third kappa shape index (κ3) is 9.03. The van der Waals surface area contributed by atoms with Crippen LogP contribution in [0.25, 0.3) is 0 Å². The number of rotatable bonds is 11. The smallest absolute Gasteiger partial charge is 0.255 e.